The number of likely N-dealkylation sites (tertiary alicyclic amines) is 1. The Morgan fingerprint density at radius 3 is 2.52 bits per heavy atom. The van der Waals surface area contributed by atoms with Gasteiger partial charge in [-0.1, -0.05) is 19.0 Å². The maximum atomic E-state index is 11.9. The molecule has 1 heterocycles. The van der Waals surface area contributed by atoms with Crippen molar-refractivity contribution in [2.75, 3.05) is 20.3 Å². The number of nitrogens with one attached hydrogen (secondary N) is 1. The zero-order valence-electron chi connectivity index (χ0n) is 16.2. The molecule has 0 aromatic rings. The Balaban J connectivity index is 0.00000576. The van der Waals surface area contributed by atoms with Crippen LogP contribution >= 0.6 is 0 Å². The molecule has 1 aliphatic rings. The Hall–Kier alpha value is 0.652. The monoisotopic (exact) mass is 568 g/mol. The molecular formula is C18H33AcN2O4-. The van der Waals surface area contributed by atoms with Crippen LogP contribution in [0.5, 0.6) is 0 Å². The molecule has 1 rings (SSSR count). The summed E-state index contributed by atoms with van der Waals surface area (Å²) in [6.45, 7) is 11.8. The van der Waals surface area contributed by atoms with E-state index >= 15 is 0 Å². The molecule has 1 radical (unpaired) electrons. The average molecular weight is 568 g/mol. The third kappa shape index (κ3) is 6.34. The quantitative estimate of drug-likeness (QED) is 0.324. The van der Waals surface area contributed by atoms with Gasteiger partial charge in [-0.15, -0.1) is 6.58 Å². The summed E-state index contributed by atoms with van der Waals surface area (Å²) in [6.07, 6.45) is 2.15. The van der Waals surface area contributed by atoms with E-state index in [1.54, 1.807) is 6.92 Å². The van der Waals surface area contributed by atoms with Crippen molar-refractivity contribution in [3.05, 3.63) is 18.4 Å². The number of Topliss-reactive ketones (excluding diaryl/α,β-unsaturated/α-hetero) is 1. The van der Waals surface area contributed by atoms with Crippen molar-refractivity contribution in [2.45, 2.75) is 70.6 Å². The molecule has 143 valence electrons. The molecule has 0 aromatic heterocycles. The fraction of sp³-hybridized carbons (Fsp3) is 0.833. The van der Waals surface area contributed by atoms with Crippen LogP contribution in [0.4, 0.5) is 0 Å². The van der Waals surface area contributed by atoms with E-state index in [4.69, 9.17) is 15.2 Å². The topological polar surface area (TPSA) is 82.8 Å². The molecule has 2 N–H and O–H groups in total. The first-order valence-corrected chi connectivity index (χ1v) is 8.74. The Labute approximate surface area is 188 Å². The minimum Gasteiger partial charge on any atom is -0.671 e. The number of hydrogen-bond acceptors (Lipinski definition) is 5. The molecule has 1 saturated heterocycles. The van der Waals surface area contributed by atoms with Gasteiger partial charge in [-0.25, -0.2) is 0 Å². The van der Waals surface area contributed by atoms with Gasteiger partial charge >= 0.3 is 0 Å². The van der Waals surface area contributed by atoms with Crippen LogP contribution in [0.15, 0.2) is 12.7 Å². The van der Waals surface area contributed by atoms with Gasteiger partial charge in [0.2, 0.25) is 0 Å². The second-order valence-electron chi connectivity index (χ2n) is 6.66. The number of aliphatic hydroxyl groups is 1. The summed E-state index contributed by atoms with van der Waals surface area (Å²) < 4.78 is 11.1. The number of ketones is 1. The minimum absolute atomic E-state index is 0. The predicted octanol–water partition coefficient (Wildman–Crippen LogP) is 2.41. The summed E-state index contributed by atoms with van der Waals surface area (Å²) in [7, 11) is 1.85. The molecule has 0 spiro atoms. The first kappa shape index (κ1) is 25.7. The van der Waals surface area contributed by atoms with Gasteiger partial charge in [-0.3, -0.25) is 9.69 Å². The van der Waals surface area contributed by atoms with Crippen molar-refractivity contribution in [1.29, 1.82) is 0 Å². The molecule has 0 aromatic carbocycles. The average Bonchev–Trinajstić information content (AvgIpc) is 2.88. The van der Waals surface area contributed by atoms with Crippen molar-refractivity contribution in [2.24, 2.45) is 5.92 Å². The van der Waals surface area contributed by atoms with E-state index in [0.717, 1.165) is 0 Å². The molecule has 6 atom stereocenters. The summed E-state index contributed by atoms with van der Waals surface area (Å²) in [6, 6.07) is -1.33. The molecule has 6 nitrogen and oxygen atoms in total. The first-order valence-electron chi connectivity index (χ1n) is 8.74. The predicted molar refractivity (Wildman–Crippen MR) is 94.7 cm³/mol. The zero-order chi connectivity index (χ0) is 18.5. The van der Waals surface area contributed by atoms with Crippen molar-refractivity contribution >= 4 is 5.78 Å². The molecule has 1 fully saturated rings. The second-order valence-corrected chi connectivity index (χ2v) is 6.66. The third-order valence-corrected chi connectivity index (χ3v) is 5.19. The van der Waals surface area contributed by atoms with Gasteiger partial charge in [-0.05, 0) is 46.6 Å². The molecule has 25 heavy (non-hydrogen) atoms. The summed E-state index contributed by atoms with van der Waals surface area (Å²) in [5.41, 5.74) is 7.34. The van der Waals surface area contributed by atoms with Gasteiger partial charge in [0.15, 0.2) is 6.29 Å². The van der Waals surface area contributed by atoms with E-state index in [1.165, 1.54) is 6.08 Å². The fourth-order valence-electron chi connectivity index (χ4n) is 3.59. The largest absolute Gasteiger partial charge is 0.671 e. The molecule has 0 bridgehead atoms. The van der Waals surface area contributed by atoms with Gasteiger partial charge in [-0.2, -0.15) is 0 Å². The van der Waals surface area contributed by atoms with Crippen molar-refractivity contribution in [3.63, 3.8) is 0 Å². The molecule has 6 unspecified atom stereocenters. The van der Waals surface area contributed by atoms with E-state index < -0.39 is 11.6 Å². The Bertz CT molecular complexity index is 437. The molecule has 0 saturated carbocycles. The van der Waals surface area contributed by atoms with E-state index in [2.05, 4.69) is 6.58 Å². The van der Waals surface area contributed by atoms with Crippen LogP contribution in [-0.4, -0.2) is 66.1 Å². The van der Waals surface area contributed by atoms with Gasteiger partial charge < -0.3 is 20.3 Å². The number of carbonyl (C=O) groups excluding carboxylic acids is 1. The van der Waals surface area contributed by atoms with Crippen LogP contribution in [-0.2, 0) is 14.3 Å². The third-order valence-electron chi connectivity index (χ3n) is 5.19. The molecule has 1 aliphatic heterocycles. The SMILES string of the molecule is C=CC(O)(CC)C([NH-])C1C(COC(C)OCC)CC(C(C)=O)N1C.[Ac]. The van der Waals surface area contributed by atoms with Gasteiger partial charge in [0.05, 0.1) is 18.2 Å². The smallest absolute Gasteiger partial charge is 0.154 e. The molecule has 7 heteroatoms. The summed E-state index contributed by atoms with van der Waals surface area (Å²) in [5.74, 6) is 0.0565. The molecular weight excluding hydrogens is 535 g/mol. The van der Waals surface area contributed by atoms with E-state index in [-0.39, 0.29) is 74.1 Å². The van der Waals surface area contributed by atoms with Crippen LogP contribution in [0.3, 0.4) is 0 Å². The standard InChI is InChI=1S/C18H33N2O4.Ac/c1-7-18(22,8-2)17(19)16-14(11-24-13(5)23-9-3)10-15(12(4)21)20(16)6;/h7,13-17,19,22H,1,8-11H2,2-6H3;/q-1;. The van der Waals surface area contributed by atoms with Crippen LogP contribution in [0, 0.1) is 50.0 Å². The van der Waals surface area contributed by atoms with Gasteiger partial charge in [0, 0.05) is 56.7 Å². The summed E-state index contributed by atoms with van der Waals surface area (Å²) >= 11 is 0. The van der Waals surface area contributed by atoms with Gasteiger partial charge in [0.1, 0.15) is 5.78 Å². The zero-order valence-corrected chi connectivity index (χ0v) is 20.9. The van der Waals surface area contributed by atoms with Crippen LogP contribution in [0.2, 0.25) is 0 Å². The number of nitrogens with zero attached hydrogens (tertiary/aromatic N) is 1. The maximum absolute atomic E-state index is 11.9. The Kier molecular flexibility index (Phi) is 11.8. The fourth-order valence-corrected chi connectivity index (χ4v) is 3.59. The van der Waals surface area contributed by atoms with E-state index in [0.29, 0.717) is 26.1 Å². The minimum atomic E-state index is -1.28. The number of rotatable bonds is 10. The van der Waals surface area contributed by atoms with Crippen molar-refractivity contribution in [3.8, 4) is 0 Å². The number of hydrogen-bond donors (Lipinski definition) is 1. The first-order chi connectivity index (χ1) is 11.2. The Morgan fingerprint density at radius 1 is 1.48 bits per heavy atom. The second kappa shape index (κ2) is 11.5. The number of likely N-dealkylation sites (N-methyl/N-ethyl adjacent to an activating group) is 1. The maximum Gasteiger partial charge on any atom is 0.154 e. The number of ether oxygens (including phenoxy) is 2. The summed E-state index contributed by atoms with van der Waals surface area (Å²) in [4.78, 5) is 13.9. The van der Waals surface area contributed by atoms with E-state index in [1.807, 2.05) is 32.7 Å². The Morgan fingerprint density at radius 2 is 2.08 bits per heavy atom. The normalized spacial score (nSPS) is 28.7. The van der Waals surface area contributed by atoms with Gasteiger partial charge in [0.25, 0.3) is 0 Å². The van der Waals surface area contributed by atoms with Crippen LogP contribution in [0.25, 0.3) is 5.73 Å². The van der Waals surface area contributed by atoms with Crippen molar-refractivity contribution < 1.29 is 63.4 Å². The van der Waals surface area contributed by atoms with Crippen molar-refractivity contribution in [1.82, 2.24) is 4.90 Å². The molecule has 0 amide bonds. The van der Waals surface area contributed by atoms with Crippen LogP contribution < -0.4 is 0 Å². The van der Waals surface area contributed by atoms with Crippen LogP contribution in [0.1, 0.15) is 40.5 Å². The summed E-state index contributed by atoms with van der Waals surface area (Å²) in [5, 5.41) is 10.7. The van der Waals surface area contributed by atoms with E-state index in [9.17, 15) is 9.90 Å². The number of carbonyl (C=O) groups is 1. The molecule has 0 aliphatic carbocycles.